The first kappa shape index (κ1) is 14.3. The fourth-order valence-electron chi connectivity index (χ4n) is 2.07. The fourth-order valence-corrected chi connectivity index (χ4v) is 2.07. The molecule has 6 heteroatoms. The van der Waals surface area contributed by atoms with E-state index in [1.54, 1.807) is 23.0 Å². The molecule has 0 amide bonds. The van der Waals surface area contributed by atoms with Crippen LogP contribution in [0.5, 0.6) is 5.75 Å². The molecule has 0 saturated heterocycles. The van der Waals surface area contributed by atoms with E-state index in [2.05, 4.69) is 10.4 Å². The molecule has 0 aliphatic rings. The molecule has 1 aromatic heterocycles. The summed E-state index contributed by atoms with van der Waals surface area (Å²) in [5.41, 5.74) is 8.65. The number of aromatic nitrogens is 2. The number of rotatable bonds is 5. The van der Waals surface area contributed by atoms with E-state index in [9.17, 15) is 4.39 Å². The molecule has 20 heavy (non-hydrogen) atoms. The SMILES string of the molecule is COc1cc(NC(CN)c2cnn(C)c2C)ccc1F. The fraction of sp³-hybridized carbons (Fsp3) is 0.357. The summed E-state index contributed by atoms with van der Waals surface area (Å²) in [6, 6.07) is 4.56. The van der Waals surface area contributed by atoms with Crippen molar-refractivity contribution in [1.29, 1.82) is 0 Å². The minimum absolute atomic E-state index is 0.0844. The summed E-state index contributed by atoms with van der Waals surface area (Å²) in [6.07, 6.45) is 1.79. The second-order valence-electron chi connectivity index (χ2n) is 4.59. The van der Waals surface area contributed by atoms with Gasteiger partial charge in [0.25, 0.3) is 0 Å². The van der Waals surface area contributed by atoms with Crippen LogP contribution in [0, 0.1) is 12.7 Å². The number of ether oxygens (including phenoxy) is 1. The third-order valence-electron chi connectivity index (χ3n) is 3.38. The van der Waals surface area contributed by atoms with Gasteiger partial charge in [0.1, 0.15) is 0 Å². The Labute approximate surface area is 117 Å². The number of hydrogen-bond donors (Lipinski definition) is 2. The Bertz CT molecular complexity index is 597. The predicted octanol–water partition coefficient (Wildman–Crippen LogP) is 1.99. The largest absolute Gasteiger partial charge is 0.494 e. The quantitative estimate of drug-likeness (QED) is 0.878. The minimum atomic E-state index is -0.389. The van der Waals surface area contributed by atoms with Crippen molar-refractivity contribution in [3.63, 3.8) is 0 Å². The number of benzene rings is 1. The van der Waals surface area contributed by atoms with Crippen LogP contribution in [-0.2, 0) is 7.05 Å². The van der Waals surface area contributed by atoms with E-state index in [4.69, 9.17) is 10.5 Å². The maximum Gasteiger partial charge on any atom is 0.165 e. The Morgan fingerprint density at radius 2 is 2.25 bits per heavy atom. The number of nitrogens with one attached hydrogen (secondary N) is 1. The number of anilines is 1. The van der Waals surface area contributed by atoms with E-state index in [-0.39, 0.29) is 17.6 Å². The molecule has 0 radical (unpaired) electrons. The number of nitrogens with two attached hydrogens (primary N) is 1. The van der Waals surface area contributed by atoms with Gasteiger partial charge >= 0.3 is 0 Å². The summed E-state index contributed by atoms with van der Waals surface area (Å²) in [5.74, 6) is -0.186. The Kier molecular flexibility index (Phi) is 4.24. The Hall–Kier alpha value is -2.08. The molecule has 1 unspecified atom stereocenters. The Balaban J connectivity index is 2.24. The van der Waals surface area contributed by atoms with Crippen molar-refractivity contribution in [1.82, 2.24) is 9.78 Å². The summed E-state index contributed by atoms with van der Waals surface area (Å²) < 4.78 is 20.2. The van der Waals surface area contributed by atoms with E-state index in [0.717, 1.165) is 16.9 Å². The van der Waals surface area contributed by atoms with Crippen molar-refractivity contribution in [2.45, 2.75) is 13.0 Å². The first-order valence-corrected chi connectivity index (χ1v) is 6.35. The van der Waals surface area contributed by atoms with Crippen LogP contribution in [0.1, 0.15) is 17.3 Å². The Morgan fingerprint density at radius 3 is 2.80 bits per heavy atom. The molecule has 3 N–H and O–H groups in total. The molecule has 2 rings (SSSR count). The molecular weight excluding hydrogens is 259 g/mol. The molecule has 0 aliphatic heterocycles. The molecule has 0 fully saturated rings. The third kappa shape index (κ3) is 2.75. The predicted molar refractivity (Wildman–Crippen MR) is 76.3 cm³/mol. The van der Waals surface area contributed by atoms with Crippen LogP contribution in [-0.4, -0.2) is 23.4 Å². The summed E-state index contributed by atoms with van der Waals surface area (Å²) in [7, 11) is 3.32. The summed E-state index contributed by atoms with van der Waals surface area (Å²) in [6.45, 7) is 2.39. The van der Waals surface area contributed by atoms with Gasteiger partial charge in [0.2, 0.25) is 0 Å². The van der Waals surface area contributed by atoms with Crippen LogP contribution in [0.15, 0.2) is 24.4 Å². The second-order valence-corrected chi connectivity index (χ2v) is 4.59. The average molecular weight is 278 g/mol. The van der Waals surface area contributed by atoms with Gasteiger partial charge in [0.05, 0.1) is 19.3 Å². The average Bonchev–Trinajstić information content (AvgIpc) is 2.78. The van der Waals surface area contributed by atoms with Crippen LogP contribution in [0.3, 0.4) is 0 Å². The summed E-state index contributed by atoms with van der Waals surface area (Å²) in [5, 5.41) is 7.49. The molecule has 1 heterocycles. The normalized spacial score (nSPS) is 12.2. The standard InChI is InChI=1S/C14H19FN4O/c1-9-11(8-17-19(9)2)13(7-16)18-10-4-5-12(15)14(6-10)20-3/h4-6,8,13,18H,7,16H2,1-3H3. The first-order chi connectivity index (χ1) is 9.56. The van der Waals surface area contributed by atoms with Gasteiger partial charge in [-0.25, -0.2) is 4.39 Å². The number of nitrogens with zero attached hydrogens (tertiary/aromatic N) is 2. The van der Waals surface area contributed by atoms with E-state index in [1.807, 2.05) is 14.0 Å². The van der Waals surface area contributed by atoms with Gasteiger partial charge in [-0.1, -0.05) is 0 Å². The van der Waals surface area contributed by atoms with Gasteiger partial charge < -0.3 is 15.8 Å². The lowest BCUT2D eigenvalue weighted by Crippen LogP contribution is -2.21. The lowest BCUT2D eigenvalue weighted by Gasteiger charge is -2.18. The summed E-state index contributed by atoms with van der Waals surface area (Å²) in [4.78, 5) is 0. The lowest BCUT2D eigenvalue weighted by atomic mass is 10.1. The van der Waals surface area contributed by atoms with Crippen LogP contribution in [0.2, 0.25) is 0 Å². The van der Waals surface area contributed by atoms with Gasteiger partial charge in [-0.15, -0.1) is 0 Å². The van der Waals surface area contributed by atoms with Crippen molar-refractivity contribution < 1.29 is 9.13 Å². The number of aryl methyl sites for hydroxylation is 1. The highest BCUT2D eigenvalue weighted by atomic mass is 19.1. The molecule has 0 spiro atoms. The highest BCUT2D eigenvalue weighted by Gasteiger charge is 2.16. The number of methoxy groups -OCH3 is 1. The van der Waals surface area contributed by atoms with E-state index in [0.29, 0.717) is 6.54 Å². The number of hydrogen-bond acceptors (Lipinski definition) is 4. The number of halogens is 1. The van der Waals surface area contributed by atoms with Gasteiger partial charge in [0, 0.05) is 36.6 Å². The van der Waals surface area contributed by atoms with E-state index in [1.165, 1.54) is 13.2 Å². The van der Waals surface area contributed by atoms with Crippen molar-refractivity contribution in [2.75, 3.05) is 19.0 Å². The molecule has 0 bridgehead atoms. The summed E-state index contributed by atoms with van der Waals surface area (Å²) >= 11 is 0. The molecule has 1 aromatic carbocycles. The lowest BCUT2D eigenvalue weighted by molar-refractivity contribution is 0.386. The third-order valence-corrected chi connectivity index (χ3v) is 3.38. The van der Waals surface area contributed by atoms with Crippen LogP contribution < -0.4 is 15.8 Å². The molecule has 108 valence electrons. The molecule has 0 aliphatic carbocycles. The highest BCUT2D eigenvalue weighted by Crippen LogP contribution is 2.26. The zero-order valence-corrected chi connectivity index (χ0v) is 11.9. The molecule has 1 atom stereocenters. The van der Waals surface area contributed by atoms with Crippen molar-refractivity contribution in [2.24, 2.45) is 12.8 Å². The van der Waals surface area contributed by atoms with Crippen LogP contribution in [0.4, 0.5) is 10.1 Å². The maximum atomic E-state index is 13.4. The zero-order chi connectivity index (χ0) is 14.7. The first-order valence-electron chi connectivity index (χ1n) is 6.35. The smallest absolute Gasteiger partial charge is 0.165 e. The molecule has 0 saturated carbocycles. The van der Waals surface area contributed by atoms with Gasteiger partial charge in [-0.3, -0.25) is 4.68 Å². The van der Waals surface area contributed by atoms with Crippen molar-refractivity contribution in [3.8, 4) is 5.75 Å². The second kappa shape index (κ2) is 5.92. The zero-order valence-electron chi connectivity index (χ0n) is 11.9. The maximum absolute atomic E-state index is 13.4. The molecule has 2 aromatic rings. The Morgan fingerprint density at radius 1 is 1.50 bits per heavy atom. The monoisotopic (exact) mass is 278 g/mol. The van der Waals surface area contributed by atoms with Crippen molar-refractivity contribution in [3.05, 3.63) is 41.5 Å². The van der Waals surface area contributed by atoms with E-state index >= 15 is 0 Å². The molecule has 5 nitrogen and oxygen atoms in total. The van der Waals surface area contributed by atoms with Gasteiger partial charge in [-0.05, 0) is 19.1 Å². The van der Waals surface area contributed by atoms with Crippen LogP contribution >= 0.6 is 0 Å². The topological polar surface area (TPSA) is 65.1 Å². The van der Waals surface area contributed by atoms with E-state index < -0.39 is 0 Å². The highest BCUT2D eigenvalue weighted by molar-refractivity contribution is 5.50. The minimum Gasteiger partial charge on any atom is -0.494 e. The van der Waals surface area contributed by atoms with Gasteiger partial charge in [-0.2, -0.15) is 5.10 Å². The van der Waals surface area contributed by atoms with Crippen LogP contribution in [0.25, 0.3) is 0 Å². The molecular formula is C14H19FN4O. The van der Waals surface area contributed by atoms with Gasteiger partial charge in [0.15, 0.2) is 11.6 Å². The van der Waals surface area contributed by atoms with Crippen molar-refractivity contribution >= 4 is 5.69 Å².